The maximum Gasteiger partial charge on any atom is 0.0993 e. The van der Waals surface area contributed by atoms with Gasteiger partial charge in [-0.3, -0.25) is 0 Å². The van der Waals surface area contributed by atoms with Crippen LogP contribution in [0, 0.1) is 0 Å². The number of rotatable bonds is 13. The summed E-state index contributed by atoms with van der Waals surface area (Å²) in [4.78, 5) is 0. The molecule has 0 aliphatic heterocycles. The third kappa shape index (κ3) is 26.6. The first-order chi connectivity index (χ1) is 9.33. The maximum absolute atomic E-state index is 5.20. The lowest BCUT2D eigenvalue weighted by atomic mass is 10.6. The van der Waals surface area contributed by atoms with Gasteiger partial charge in [0, 0.05) is 6.61 Å². The van der Waals surface area contributed by atoms with E-state index in [1.165, 1.54) is 0 Å². The fraction of sp³-hybridized carbons (Fsp3) is 0.600. The Labute approximate surface area is 118 Å². The molecule has 4 heteroatoms. The summed E-state index contributed by atoms with van der Waals surface area (Å²) < 4.78 is 15.3. The Morgan fingerprint density at radius 1 is 0.789 bits per heavy atom. The average Bonchev–Trinajstić information content (AvgIpc) is 2.44. The van der Waals surface area contributed by atoms with E-state index in [9.17, 15) is 0 Å². The van der Waals surface area contributed by atoms with Crippen LogP contribution in [-0.4, -0.2) is 52.7 Å². The summed E-state index contributed by atoms with van der Waals surface area (Å²) in [5.74, 6) is 0. The molecule has 0 radical (unpaired) electrons. The Hall–Kier alpha value is -0.940. The van der Waals surface area contributed by atoms with E-state index >= 15 is 0 Å². The lowest BCUT2D eigenvalue weighted by Crippen LogP contribution is -2.86. The molecule has 0 rings (SSSR count). The molecule has 2 N–H and O–H groups in total. The van der Waals surface area contributed by atoms with Crippen molar-refractivity contribution in [2.75, 3.05) is 52.7 Å². The molecule has 112 valence electrons. The van der Waals surface area contributed by atoms with Crippen molar-refractivity contribution >= 4 is 0 Å². The Morgan fingerprint density at radius 3 is 1.53 bits per heavy atom. The van der Waals surface area contributed by atoms with Crippen LogP contribution in [0.5, 0.6) is 0 Å². The number of hydrogen-bond acceptors (Lipinski definition) is 3. The third-order valence-electron chi connectivity index (χ3n) is 1.84. The van der Waals surface area contributed by atoms with Crippen LogP contribution in [0.15, 0.2) is 38.0 Å². The zero-order valence-electron chi connectivity index (χ0n) is 12.3. The highest BCUT2D eigenvalue weighted by Gasteiger charge is 1.90. The highest BCUT2D eigenvalue weighted by Crippen LogP contribution is 1.71. The summed E-state index contributed by atoms with van der Waals surface area (Å²) in [6, 6.07) is 0. The van der Waals surface area contributed by atoms with Gasteiger partial charge in [0.2, 0.25) is 0 Å². The molecule has 0 saturated heterocycles. The summed E-state index contributed by atoms with van der Waals surface area (Å²) in [6.07, 6.45) is 5.25. The second kappa shape index (κ2) is 22.3. The van der Waals surface area contributed by atoms with Crippen LogP contribution in [0.2, 0.25) is 0 Å². The van der Waals surface area contributed by atoms with Crippen LogP contribution < -0.4 is 5.32 Å². The van der Waals surface area contributed by atoms with Gasteiger partial charge in [-0.2, -0.15) is 0 Å². The molecule has 0 fully saturated rings. The predicted octanol–water partition coefficient (Wildman–Crippen LogP) is 1.16. The van der Waals surface area contributed by atoms with E-state index in [4.69, 9.17) is 14.2 Å². The van der Waals surface area contributed by atoms with Gasteiger partial charge >= 0.3 is 0 Å². The lowest BCUT2D eigenvalue weighted by molar-refractivity contribution is -0.657. The van der Waals surface area contributed by atoms with Crippen LogP contribution in [0.3, 0.4) is 0 Å². The summed E-state index contributed by atoms with van der Waals surface area (Å²) in [5, 5.41) is 2.17. The molecule has 0 aromatic heterocycles. The summed E-state index contributed by atoms with van der Waals surface area (Å²) in [7, 11) is 0. The Kier molecular flexibility index (Phi) is 23.9. The number of ether oxygens (including phenoxy) is 3. The van der Waals surface area contributed by atoms with E-state index in [2.05, 4.69) is 25.1 Å². The molecule has 0 saturated carbocycles. The summed E-state index contributed by atoms with van der Waals surface area (Å²) in [5.41, 5.74) is 0. The molecule has 4 nitrogen and oxygen atoms in total. The van der Waals surface area contributed by atoms with Gasteiger partial charge in [0.25, 0.3) is 0 Å². The first-order valence-corrected chi connectivity index (χ1v) is 6.71. The molecule has 0 aromatic carbocycles. The van der Waals surface area contributed by atoms with Gasteiger partial charge in [0.1, 0.15) is 0 Å². The molecule has 0 spiro atoms. The SMILES string of the molecule is C=CCOCC.C=CCOCC[NH2+]CCOCC=C. The van der Waals surface area contributed by atoms with Crippen molar-refractivity contribution in [2.24, 2.45) is 0 Å². The van der Waals surface area contributed by atoms with Gasteiger partial charge in [-0.05, 0) is 6.92 Å². The van der Waals surface area contributed by atoms with Gasteiger partial charge in [-0.25, -0.2) is 0 Å². The van der Waals surface area contributed by atoms with Crippen LogP contribution in [0.4, 0.5) is 0 Å². The smallest absolute Gasteiger partial charge is 0.0993 e. The molecule has 0 bridgehead atoms. The van der Waals surface area contributed by atoms with E-state index in [-0.39, 0.29) is 0 Å². The largest absolute Gasteiger partial charge is 0.378 e. The average molecular weight is 272 g/mol. The molecule has 0 aromatic rings. The van der Waals surface area contributed by atoms with E-state index in [1.807, 2.05) is 6.92 Å². The minimum Gasteiger partial charge on any atom is -0.378 e. The number of nitrogens with two attached hydrogens (primary N) is 1. The topological polar surface area (TPSA) is 44.3 Å². The molecule has 0 aliphatic rings. The standard InChI is InChI=1S/C10H19NO2.C5H10O/c1-3-7-12-9-5-11-6-10-13-8-4-2;1-3-5-6-4-2/h3-4,11H,1-2,5-10H2;3H,1,4-5H2,2H3/p+1. The third-order valence-corrected chi connectivity index (χ3v) is 1.84. The highest BCUT2D eigenvalue weighted by molar-refractivity contribution is 4.64. The van der Waals surface area contributed by atoms with Crippen LogP contribution in [0.25, 0.3) is 0 Å². The number of hydrogen-bond donors (Lipinski definition) is 1. The van der Waals surface area contributed by atoms with Crippen molar-refractivity contribution in [3.05, 3.63) is 38.0 Å². The Bertz CT molecular complexity index is 182. The number of quaternary nitrogens is 1. The first kappa shape index (κ1) is 20.4. The molecular weight excluding hydrogens is 242 g/mol. The summed E-state index contributed by atoms with van der Waals surface area (Å²) >= 11 is 0. The quantitative estimate of drug-likeness (QED) is 0.404. The Balaban J connectivity index is 0. The van der Waals surface area contributed by atoms with Crippen LogP contribution >= 0.6 is 0 Å². The molecule has 0 unspecified atom stereocenters. The van der Waals surface area contributed by atoms with Crippen molar-refractivity contribution in [1.82, 2.24) is 0 Å². The fourth-order valence-corrected chi connectivity index (χ4v) is 1.01. The minimum absolute atomic E-state index is 0.640. The van der Waals surface area contributed by atoms with Crippen molar-refractivity contribution in [3.63, 3.8) is 0 Å². The van der Waals surface area contributed by atoms with Crippen molar-refractivity contribution in [1.29, 1.82) is 0 Å². The second-order valence-electron chi connectivity index (χ2n) is 3.54. The van der Waals surface area contributed by atoms with E-state index in [0.717, 1.165) is 32.9 Å². The van der Waals surface area contributed by atoms with Gasteiger partial charge in [-0.1, -0.05) is 18.2 Å². The van der Waals surface area contributed by atoms with E-state index in [1.54, 1.807) is 18.2 Å². The fourth-order valence-electron chi connectivity index (χ4n) is 1.01. The first-order valence-electron chi connectivity index (χ1n) is 6.71. The molecule has 0 aliphatic carbocycles. The van der Waals surface area contributed by atoms with Gasteiger partial charge in [0.15, 0.2) is 0 Å². The molecule has 0 heterocycles. The van der Waals surface area contributed by atoms with Gasteiger partial charge in [0.05, 0.1) is 46.1 Å². The van der Waals surface area contributed by atoms with Crippen LogP contribution in [0.1, 0.15) is 6.92 Å². The second-order valence-corrected chi connectivity index (χ2v) is 3.54. The molecular formula is C15H30NO3+. The zero-order chi connectivity index (χ0) is 14.6. The van der Waals surface area contributed by atoms with Gasteiger partial charge < -0.3 is 19.5 Å². The lowest BCUT2D eigenvalue weighted by Gasteiger charge is -2.02. The van der Waals surface area contributed by atoms with Gasteiger partial charge in [-0.15, -0.1) is 19.7 Å². The monoisotopic (exact) mass is 272 g/mol. The van der Waals surface area contributed by atoms with Crippen LogP contribution in [-0.2, 0) is 14.2 Å². The van der Waals surface area contributed by atoms with Crippen molar-refractivity contribution in [2.45, 2.75) is 6.92 Å². The zero-order valence-corrected chi connectivity index (χ0v) is 12.3. The summed E-state index contributed by atoms with van der Waals surface area (Å²) in [6.45, 7) is 18.8. The minimum atomic E-state index is 0.640. The predicted molar refractivity (Wildman–Crippen MR) is 80.4 cm³/mol. The van der Waals surface area contributed by atoms with Crippen molar-refractivity contribution < 1.29 is 19.5 Å². The van der Waals surface area contributed by atoms with E-state index in [0.29, 0.717) is 19.8 Å². The highest BCUT2D eigenvalue weighted by atomic mass is 16.5. The molecule has 19 heavy (non-hydrogen) atoms. The molecule has 0 amide bonds. The van der Waals surface area contributed by atoms with E-state index < -0.39 is 0 Å². The Morgan fingerprint density at radius 2 is 1.21 bits per heavy atom. The van der Waals surface area contributed by atoms with Crippen molar-refractivity contribution in [3.8, 4) is 0 Å². The normalized spacial score (nSPS) is 9.32. The maximum atomic E-state index is 5.20. The molecule has 0 atom stereocenters.